The Balaban J connectivity index is 2.37. The third-order valence-corrected chi connectivity index (χ3v) is 2.72. The lowest BCUT2D eigenvalue weighted by Crippen LogP contribution is -2.14. The summed E-state index contributed by atoms with van der Waals surface area (Å²) in [5, 5.41) is 3.08. The minimum absolute atomic E-state index is 0.283. The number of hydrogen-bond donors (Lipinski definition) is 2. The molecule has 1 aromatic carbocycles. The third-order valence-electron chi connectivity index (χ3n) is 2.51. The molecule has 0 saturated carbocycles. The maximum atomic E-state index is 12.8. The molecule has 3 nitrogen and oxygen atoms in total. The summed E-state index contributed by atoms with van der Waals surface area (Å²) in [6.45, 7) is 1.91. The monoisotopic (exact) mass is 261 g/mol. The molecule has 1 aromatic heterocycles. The smallest absolute Gasteiger partial charge is 0.140 e. The van der Waals surface area contributed by atoms with Gasteiger partial charge in [0, 0.05) is 11.9 Å². The van der Waals surface area contributed by atoms with Crippen molar-refractivity contribution >= 4 is 28.7 Å². The molecule has 0 saturated heterocycles. The molecule has 5 heteroatoms. The standard InChI is InChI=1S/C13H12FN3S/c1-8-6-7-16-13(11(8)12(15)18)17-10-4-2-9(14)3-5-10/h2-7H,1H3,(H2,15,18)(H,16,17). The molecule has 3 N–H and O–H groups in total. The number of nitrogens with two attached hydrogens (primary N) is 1. The molecule has 0 amide bonds. The number of rotatable bonds is 3. The van der Waals surface area contributed by atoms with E-state index in [1.54, 1.807) is 18.3 Å². The molecule has 0 radical (unpaired) electrons. The van der Waals surface area contributed by atoms with Crippen molar-refractivity contribution in [2.24, 2.45) is 5.73 Å². The molecular formula is C13H12FN3S. The molecule has 2 rings (SSSR count). The first-order valence-electron chi connectivity index (χ1n) is 5.36. The maximum Gasteiger partial charge on any atom is 0.140 e. The van der Waals surface area contributed by atoms with Gasteiger partial charge in [-0.05, 0) is 42.8 Å². The second-order valence-corrected chi connectivity index (χ2v) is 4.29. The van der Waals surface area contributed by atoms with E-state index in [1.165, 1.54) is 12.1 Å². The van der Waals surface area contributed by atoms with Gasteiger partial charge in [0.15, 0.2) is 0 Å². The summed E-state index contributed by atoms with van der Waals surface area (Å²) >= 11 is 5.01. The Labute approximate surface area is 110 Å². The Hall–Kier alpha value is -2.01. The Morgan fingerprint density at radius 2 is 1.94 bits per heavy atom. The van der Waals surface area contributed by atoms with E-state index in [4.69, 9.17) is 18.0 Å². The van der Waals surface area contributed by atoms with E-state index >= 15 is 0 Å². The molecule has 18 heavy (non-hydrogen) atoms. The Kier molecular flexibility index (Phi) is 3.53. The van der Waals surface area contributed by atoms with Crippen molar-refractivity contribution < 1.29 is 4.39 Å². The van der Waals surface area contributed by atoms with Crippen LogP contribution in [0.5, 0.6) is 0 Å². The summed E-state index contributed by atoms with van der Waals surface area (Å²) in [4.78, 5) is 4.49. The van der Waals surface area contributed by atoms with E-state index in [9.17, 15) is 4.39 Å². The molecule has 0 aliphatic rings. The van der Waals surface area contributed by atoms with Crippen LogP contribution in [0.1, 0.15) is 11.1 Å². The lowest BCUT2D eigenvalue weighted by Gasteiger charge is -2.12. The number of nitrogens with one attached hydrogen (secondary N) is 1. The van der Waals surface area contributed by atoms with Crippen molar-refractivity contribution in [2.45, 2.75) is 6.92 Å². The predicted octanol–water partition coefficient (Wildman–Crippen LogP) is 2.91. The van der Waals surface area contributed by atoms with Crippen molar-refractivity contribution in [3.63, 3.8) is 0 Å². The number of thiocarbonyl (C=S) groups is 1. The van der Waals surface area contributed by atoms with Gasteiger partial charge in [0.2, 0.25) is 0 Å². The van der Waals surface area contributed by atoms with Crippen LogP contribution in [-0.4, -0.2) is 9.97 Å². The van der Waals surface area contributed by atoms with Gasteiger partial charge in [-0.25, -0.2) is 9.37 Å². The first kappa shape index (κ1) is 12.4. The number of benzene rings is 1. The van der Waals surface area contributed by atoms with Crippen molar-refractivity contribution in [2.75, 3.05) is 5.32 Å². The zero-order valence-corrected chi connectivity index (χ0v) is 10.6. The minimum atomic E-state index is -0.285. The van der Waals surface area contributed by atoms with Gasteiger partial charge in [0.05, 0.1) is 5.56 Å². The second-order valence-electron chi connectivity index (χ2n) is 3.85. The second kappa shape index (κ2) is 5.10. The highest BCUT2D eigenvalue weighted by atomic mass is 32.1. The normalized spacial score (nSPS) is 10.1. The fourth-order valence-corrected chi connectivity index (χ4v) is 1.89. The number of aryl methyl sites for hydroxylation is 1. The summed E-state index contributed by atoms with van der Waals surface area (Å²) in [6, 6.07) is 7.84. The van der Waals surface area contributed by atoms with Crippen LogP contribution in [0.4, 0.5) is 15.9 Å². The van der Waals surface area contributed by atoms with Gasteiger partial charge in [0.25, 0.3) is 0 Å². The lowest BCUT2D eigenvalue weighted by molar-refractivity contribution is 0.628. The molecule has 0 atom stereocenters. The van der Waals surface area contributed by atoms with Crippen LogP contribution < -0.4 is 11.1 Å². The highest BCUT2D eigenvalue weighted by Crippen LogP contribution is 2.21. The van der Waals surface area contributed by atoms with Crippen molar-refractivity contribution in [1.82, 2.24) is 4.98 Å². The highest BCUT2D eigenvalue weighted by Gasteiger charge is 2.09. The fraction of sp³-hybridized carbons (Fsp3) is 0.0769. The van der Waals surface area contributed by atoms with Gasteiger partial charge in [-0.2, -0.15) is 0 Å². The van der Waals surface area contributed by atoms with Gasteiger partial charge < -0.3 is 11.1 Å². The number of nitrogens with zero attached hydrogens (tertiary/aromatic N) is 1. The quantitative estimate of drug-likeness (QED) is 0.834. The highest BCUT2D eigenvalue weighted by molar-refractivity contribution is 7.80. The topological polar surface area (TPSA) is 50.9 Å². The summed E-state index contributed by atoms with van der Waals surface area (Å²) in [5.41, 5.74) is 8.07. The van der Waals surface area contributed by atoms with E-state index in [-0.39, 0.29) is 10.8 Å². The molecule has 0 unspecified atom stereocenters. The number of pyridine rings is 1. The zero-order chi connectivity index (χ0) is 13.1. The van der Waals surface area contributed by atoms with Gasteiger partial charge in [0.1, 0.15) is 16.6 Å². The number of hydrogen-bond acceptors (Lipinski definition) is 3. The van der Waals surface area contributed by atoms with Crippen LogP contribution in [-0.2, 0) is 0 Å². The van der Waals surface area contributed by atoms with Crippen LogP contribution in [0.15, 0.2) is 36.5 Å². The molecule has 0 spiro atoms. The Morgan fingerprint density at radius 1 is 1.28 bits per heavy atom. The van der Waals surface area contributed by atoms with Crippen molar-refractivity contribution in [3.8, 4) is 0 Å². The van der Waals surface area contributed by atoms with Crippen molar-refractivity contribution in [3.05, 3.63) is 53.5 Å². The van der Waals surface area contributed by atoms with Gasteiger partial charge >= 0.3 is 0 Å². The van der Waals surface area contributed by atoms with Crippen LogP contribution in [0, 0.1) is 12.7 Å². The lowest BCUT2D eigenvalue weighted by atomic mass is 10.1. The Morgan fingerprint density at radius 3 is 2.56 bits per heavy atom. The molecule has 0 aliphatic heterocycles. The number of aromatic nitrogens is 1. The van der Waals surface area contributed by atoms with E-state index in [0.717, 1.165) is 11.3 Å². The van der Waals surface area contributed by atoms with Crippen LogP contribution in [0.3, 0.4) is 0 Å². The van der Waals surface area contributed by atoms with E-state index in [2.05, 4.69) is 10.3 Å². The largest absolute Gasteiger partial charge is 0.389 e. The first-order chi connectivity index (χ1) is 8.58. The van der Waals surface area contributed by atoms with Gasteiger partial charge in [-0.15, -0.1) is 0 Å². The molecule has 0 aliphatic carbocycles. The van der Waals surface area contributed by atoms with Gasteiger partial charge in [-0.3, -0.25) is 0 Å². The molecule has 0 bridgehead atoms. The fourth-order valence-electron chi connectivity index (χ4n) is 1.63. The van der Waals surface area contributed by atoms with Crippen LogP contribution in [0.25, 0.3) is 0 Å². The number of anilines is 2. The van der Waals surface area contributed by atoms with Crippen LogP contribution in [0.2, 0.25) is 0 Å². The van der Waals surface area contributed by atoms with E-state index < -0.39 is 0 Å². The summed E-state index contributed by atoms with van der Waals surface area (Å²) in [5.74, 6) is 0.293. The number of halogens is 1. The maximum absolute atomic E-state index is 12.8. The molecular weight excluding hydrogens is 249 g/mol. The van der Waals surface area contributed by atoms with E-state index in [1.807, 2.05) is 13.0 Å². The summed E-state index contributed by atoms with van der Waals surface area (Å²) < 4.78 is 12.8. The Bertz CT molecular complexity index is 581. The average molecular weight is 261 g/mol. The summed E-state index contributed by atoms with van der Waals surface area (Å²) in [7, 11) is 0. The predicted molar refractivity (Wildman–Crippen MR) is 74.5 cm³/mol. The first-order valence-corrected chi connectivity index (χ1v) is 5.77. The summed E-state index contributed by atoms with van der Waals surface area (Å²) in [6.07, 6.45) is 1.67. The minimum Gasteiger partial charge on any atom is -0.389 e. The molecule has 0 fully saturated rings. The molecule has 92 valence electrons. The SMILES string of the molecule is Cc1ccnc(Nc2ccc(F)cc2)c1C(N)=S. The van der Waals surface area contributed by atoms with Crippen molar-refractivity contribution in [1.29, 1.82) is 0 Å². The molecule has 1 heterocycles. The van der Waals surface area contributed by atoms with Gasteiger partial charge in [-0.1, -0.05) is 12.2 Å². The molecule has 2 aromatic rings. The van der Waals surface area contributed by atoms with Crippen LogP contribution >= 0.6 is 12.2 Å². The third kappa shape index (κ3) is 2.62. The zero-order valence-electron chi connectivity index (χ0n) is 9.77. The average Bonchev–Trinajstić information content (AvgIpc) is 2.32. The van der Waals surface area contributed by atoms with E-state index in [0.29, 0.717) is 11.4 Å².